The van der Waals surface area contributed by atoms with E-state index in [1.165, 1.54) is 0 Å². The third-order valence-electron chi connectivity index (χ3n) is 0. The van der Waals surface area contributed by atoms with Crippen molar-refractivity contribution < 1.29 is 38.1 Å². The van der Waals surface area contributed by atoms with E-state index in [1.54, 1.807) is 0 Å². The Labute approximate surface area is 57.0 Å². The first-order valence-electron chi connectivity index (χ1n) is 0.783. The predicted molar refractivity (Wildman–Crippen MR) is 35.4 cm³/mol. The van der Waals surface area contributed by atoms with Crippen LogP contribution in [0.25, 0.3) is 0 Å². The molecule has 0 amide bonds. The van der Waals surface area contributed by atoms with Gasteiger partial charge in [0.15, 0.2) is 0 Å². The summed E-state index contributed by atoms with van der Waals surface area (Å²) in [5.41, 5.74) is 0. The molecular formula is H10F4O4P2. The van der Waals surface area contributed by atoms with Gasteiger partial charge in [0, 0.05) is 0 Å². The molecule has 0 bridgehead atoms. The van der Waals surface area contributed by atoms with Crippen LogP contribution < -0.4 is 0 Å². The first kappa shape index (κ1) is 48.5. The fourth-order valence-electron chi connectivity index (χ4n) is 0. The van der Waals surface area contributed by atoms with Crippen LogP contribution in [0.2, 0.25) is 0 Å². The van der Waals surface area contributed by atoms with Gasteiger partial charge in [-0.15, -0.1) is 0 Å². The Bertz CT molecular complexity index is 61.4. The van der Waals surface area contributed by atoms with Crippen LogP contribution in [0.1, 0.15) is 0 Å². The molecule has 10 heteroatoms. The molecule has 0 aliphatic carbocycles. The molecule has 0 aromatic carbocycles. The maximum atomic E-state index is 8.88. The molecule has 0 aromatic rings. The van der Waals surface area contributed by atoms with E-state index in [0.29, 0.717) is 0 Å². The molecule has 0 aliphatic heterocycles. The zero-order valence-electron chi connectivity index (χ0n) is 4.54. The van der Waals surface area contributed by atoms with Crippen LogP contribution in [0.3, 0.4) is 0 Å². The van der Waals surface area contributed by atoms with E-state index in [9.17, 15) is 0 Å². The summed E-state index contributed by atoms with van der Waals surface area (Å²) in [6, 6.07) is 0. The minimum Gasteiger partial charge on any atom is -0.303 e. The van der Waals surface area contributed by atoms with Crippen molar-refractivity contribution >= 4 is 17.7 Å². The van der Waals surface area contributed by atoms with Gasteiger partial charge in [0.25, 0.3) is 0 Å². The Hall–Kier alpha value is 0.260. The van der Waals surface area contributed by atoms with Gasteiger partial charge >= 0.3 is 7.82 Å². The molecule has 1 unspecified atom stereocenters. The summed E-state index contributed by atoms with van der Waals surface area (Å²) >= 11 is 0. The number of hydrogen-bond donors (Lipinski definition) is 3. The fourth-order valence-corrected chi connectivity index (χ4v) is 0. The van der Waals surface area contributed by atoms with Crippen molar-refractivity contribution in [3.8, 4) is 0 Å². The molecule has 0 saturated carbocycles. The van der Waals surface area contributed by atoms with Gasteiger partial charge < -0.3 is 14.7 Å². The van der Waals surface area contributed by atoms with Crippen molar-refractivity contribution in [2.45, 2.75) is 0 Å². The number of hydrogen-bond acceptors (Lipinski definition) is 1. The Morgan fingerprint density at radius 3 is 0.800 bits per heavy atom. The highest BCUT2D eigenvalue weighted by Crippen LogP contribution is 2.25. The minimum absolute atomic E-state index is 0. The molecule has 0 spiro atoms. The summed E-state index contributed by atoms with van der Waals surface area (Å²) in [4.78, 5) is 21.6. The van der Waals surface area contributed by atoms with E-state index < -0.39 is 7.82 Å². The fraction of sp³-hybridized carbons (Fsp3) is 0. The molecule has 0 fully saturated rings. The highest BCUT2D eigenvalue weighted by Gasteiger charge is 2.00. The molecular weight excluding hydrogens is 202 g/mol. The van der Waals surface area contributed by atoms with Crippen molar-refractivity contribution in [1.82, 2.24) is 0 Å². The average molecular weight is 212 g/mol. The van der Waals surface area contributed by atoms with Crippen LogP contribution in [0, 0.1) is 0 Å². The van der Waals surface area contributed by atoms with E-state index in [4.69, 9.17) is 19.2 Å². The average Bonchev–Trinajstić information content (AvgIpc) is 0.722. The number of phosphoric acid groups is 1. The second-order valence-electron chi connectivity index (χ2n) is 0.513. The molecule has 3 N–H and O–H groups in total. The lowest BCUT2D eigenvalue weighted by Gasteiger charge is -1.82. The molecule has 0 aromatic heterocycles. The van der Waals surface area contributed by atoms with Crippen LogP contribution >= 0.6 is 17.7 Å². The lowest BCUT2D eigenvalue weighted by atomic mass is 15.8. The van der Waals surface area contributed by atoms with Crippen LogP contribution in [0.5, 0.6) is 0 Å². The topological polar surface area (TPSA) is 77.8 Å². The van der Waals surface area contributed by atoms with Gasteiger partial charge in [0.2, 0.25) is 0 Å². The molecule has 72 valence electrons. The van der Waals surface area contributed by atoms with E-state index >= 15 is 0 Å². The zero-order chi connectivity index (χ0) is 4.50. The summed E-state index contributed by atoms with van der Waals surface area (Å²) < 4.78 is 8.88. The smallest absolute Gasteiger partial charge is 0.303 e. The van der Waals surface area contributed by atoms with Crippen molar-refractivity contribution in [1.29, 1.82) is 0 Å². The second-order valence-corrected chi connectivity index (χ2v) is 1.54. The molecule has 0 heterocycles. The first-order valence-corrected chi connectivity index (χ1v) is 2.35. The summed E-state index contributed by atoms with van der Waals surface area (Å²) in [5.74, 6) is 0. The molecule has 4 nitrogen and oxygen atoms in total. The molecule has 0 rings (SSSR count). The second kappa shape index (κ2) is 16.1. The van der Waals surface area contributed by atoms with Crippen molar-refractivity contribution in [3.05, 3.63) is 0 Å². The lowest BCUT2D eigenvalue weighted by molar-refractivity contribution is 0.275. The third-order valence-corrected chi connectivity index (χ3v) is 0. The van der Waals surface area contributed by atoms with Crippen LogP contribution in [-0.2, 0) is 4.57 Å². The van der Waals surface area contributed by atoms with Gasteiger partial charge in [0.1, 0.15) is 0 Å². The van der Waals surface area contributed by atoms with E-state index in [1.807, 2.05) is 0 Å². The molecule has 0 radical (unpaired) electrons. The largest absolute Gasteiger partial charge is 0.466 e. The maximum absolute atomic E-state index is 8.88. The van der Waals surface area contributed by atoms with Crippen LogP contribution in [0.4, 0.5) is 18.8 Å². The van der Waals surface area contributed by atoms with E-state index in [-0.39, 0.29) is 28.7 Å². The highest BCUT2D eigenvalue weighted by molar-refractivity contribution is 7.45. The Kier molecular flexibility index (Phi) is 78.2. The van der Waals surface area contributed by atoms with E-state index in [0.717, 1.165) is 0 Å². The summed E-state index contributed by atoms with van der Waals surface area (Å²) in [6.45, 7) is 0. The number of halogens is 4. The summed E-state index contributed by atoms with van der Waals surface area (Å²) in [5, 5.41) is 0. The lowest BCUT2D eigenvalue weighted by Crippen LogP contribution is -1.66. The van der Waals surface area contributed by atoms with Gasteiger partial charge in [-0.3, -0.25) is 18.8 Å². The predicted octanol–water partition coefficient (Wildman–Crippen LogP) is -0.261. The standard InChI is InChI=1S/4FH.H3O4P.H3P/c;;;;1-5(2,3)4;/h4*1H;(H3,1,2,3,4);1H3. The van der Waals surface area contributed by atoms with Crippen molar-refractivity contribution in [3.63, 3.8) is 0 Å². The normalized spacial score (nSPS) is 5.90. The Morgan fingerprint density at radius 2 is 0.800 bits per heavy atom. The highest BCUT2D eigenvalue weighted by atomic mass is 31.2. The van der Waals surface area contributed by atoms with Gasteiger partial charge in [-0.25, -0.2) is 4.57 Å². The molecule has 0 aliphatic rings. The van der Waals surface area contributed by atoms with Crippen LogP contribution in [0.15, 0.2) is 0 Å². The van der Waals surface area contributed by atoms with Gasteiger partial charge in [0.05, 0.1) is 0 Å². The maximum Gasteiger partial charge on any atom is 0.466 e. The van der Waals surface area contributed by atoms with E-state index in [2.05, 4.69) is 0 Å². The zero-order valence-corrected chi connectivity index (χ0v) is 6.85. The monoisotopic (exact) mass is 212 g/mol. The SMILES string of the molecule is F.F.F.F.O=P(O)(O)O.P. The quantitative estimate of drug-likeness (QED) is 0.381. The number of rotatable bonds is 0. The van der Waals surface area contributed by atoms with Gasteiger partial charge in [-0.05, 0) is 0 Å². The first-order chi connectivity index (χ1) is 2.00. The Balaban J connectivity index is -0.00000000800. The minimum atomic E-state index is -4.64. The molecule has 0 saturated heterocycles. The van der Waals surface area contributed by atoms with Crippen LogP contribution in [-0.4, -0.2) is 14.7 Å². The Morgan fingerprint density at radius 1 is 0.800 bits per heavy atom. The van der Waals surface area contributed by atoms with Crippen molar-refractivity contribution in [2.24, 2.45) is 0 Å². The van der Waals surface area contributed by atoms with Gasteiger partial charge in [-0.1, -0.05) is 0 Å². The summed E-state index contributed by atoms with van der Waals surface area (Å²) in [7, 11) is -4.64. The van der Waals surface area contributed by atoms with Crippen molar-refractivity contribution in [2.75, 3.05) is 0 Å². The molecule has 1 atom stereocenters. The molecule has 10 heavy (non-hydrogen) atoms. The van der Waals surface area contributed by atoms with Gasteiger partial charge in [-0.2, -0.15) is 9.90 Å². The third kappa shape index (κ3) is 6440. The summed E-state index contributed by atoms with van der Waals surface area (Å²) in [6.07, 6.45) is 0.